The van der Waals surface area contributed by atoms with Gasteiger partial charge in [0.05, 0.1) is 12.7 Å². The summed E-state index contributed by atoms with van der Waals surface area (Å²) in [5.74, 6) is 0. The van der Waals surface area contributed by atoms with Gasteiger partial charge in [0.2, 0.25) is 0 Å². The molecule has 0 atom stereocenters. The minimum atomic E-state index is -5.45. The second-order valence-corrected chi connectivity index (χ2v) is 7.58. The zero-order valence-corrected chi connectivity index (χ0v) is 14.7. The molecule has 0 aliphatic carbocycles. The Balaban J connectivity index is 1.91. The highest BCUT2D eigenvalue weighted by atomic mass is 31.2. The Morgan fingerprint density at radius 3 is 2.62 bits per heavy atom. The summed E-state index contributed by atoms with van der Waals surface area (Å²) < 4.78 is 39.6. The van der Waals surface area contributed by atoms with Gasteiger partial charge in [0.15, 0.2) is 0 Å². The third-order valence-electron chi connectivity index (χ3n) is 3.65. The molecule has 0 bridgehead atoms. The number of hydrogen-bond acceptors (Lipinski definition) is 5. The number of rotatable bonds is 8. The van der Waals surface area contributed by atoms with Gasteiger partial charge in [-0.1, -0.05) is 5.21 Å². The predicted molar refractivity (Wildman–Crippen MR) is 86.0 cm³/mol. The molecule has 3 N–H and O–H groups in total. The van der Waals surface area contributed by atoms with Gasteiger partial charge >= 0.3 is 18.9 Å². The fourth-order valence-corrected chi connectivity index (χ4v) is 2.64. The third kappa shape index (κ3) is 4.93. The van der Waals surface area contributed by atoms with Gasteiger partial charge in [-0.05, 0) is 19.8 Å². The van der Waals surface area contributed by atoms with E-state index in [4.69, 9.17) is 9.79 Å². The van der Waals surface area contributed by atoms with Crippen LogP contribution in [0.4, 0.5) is 8.78 Å². The number of hydrogen-bond donors (Lipinski definition) is 3. The molecular formula is C13H18F2N5O5P. The van der Waals surface area contributed by atoms with E-state index in [1.165, 1.54) is 21.6 Å². The molecule has 0 unspecified atom stereocenters. The molecule has 2 heterocycles. The highest BCUT2D eigenvalue weighted by Gasteiger charge is 2.47. The molecule has 10 nitrogen and oxygen atoms in total. The Kier molecular flexibility index (Phi) is 5.89. The average molecular weight is 393 g/mol. The molecule has 2 aromatic rings. The van der Waals surface area contributed by atoms with Gasteiger partial charge in [-0.15, -0.1) is 5.10 Å². The Bertz CT molecular complexity index is 931. The number of H-pyrrole nitrogens is 1. The van der Waals surface area contributed by atoms with Crippen molar-refractivity contribution in [3.8, 4) is 0 Å². The summed E-state index contributed by atoms with van der Waals surface area (Å²) in [6, 6.07) is 0. The highest BCUT2D eigenvalue weighted by Crippen LogP contribution is 2.55. The van der Waals surface area contributed by atoms with Crippen molar-refractivity contribution >= 4 is 7.60 Å². The summed E-state index contributed by atoms with van der Waals surface area (Å²) in [5, 5.41) is 7.66. The lowest BCUT2D eigenvalue weighted by atomic mass is 10.2. The van der Waals surface area contributed by atoms with E-state index in [1.54, 1.807) is 6.92 Å². The second kappa shape index (κ2) is 7.60. The zero-order valence-electron chi connectivity index (χ0n) is 13.8. The van der Waals surface area contributed by atoms with Crippen LogP contribution >= 0.6 is 7.60 Å². The zero-order chi connectivity index (χ0) is 19.5. The van der Waals surface area contributed by atoms with Gasteiger partial charge in [-0.3, -0.25) is 23.6 Å². The largest absolute Gasteiger partial charge is 0.394 e. The van der Waals surface area contributed by atoms with Crippen molar-refractivity contribution < 1.29 is 23.1 Å². The van der Waals surface area contributed by atoms with Gasteiger partial charge < -0.3 is 9.79 Å². The standard InChI is InChI=1S/C13H18F2N5O5P/c1-9-6-19(12(22)16-11(9)21)7-10-8-20(18-17-10)5-3-2-4-13(14,15)26(23,24)25/h6,8H,2-5,7H2,1H3,(H,16,21,22)(H2,23,24,25). The van der Waals surface area contributed by atoms with Crippen LogP contribution in [0.3, 0.4) is 0 Å². The summed E-state index contributed by atoms with van der Waals surface area (Å²) in [6.45, 7) is 1.86. The van der Waals surface area contributed by atoms with Crippen molar-refractivity contribution in [1.29, 1.82) is 0 Å². The van der Waals surface area contributed by atoms with E-state index in [0.717, 1.165) is 0 Å². The van der Waals surface area contributed by atoms with Gasteiger partial charge in [0.25, 0.3) is 5.56 Å². The molecule has 0 fully saturated rings. The average Bonchev–Trinajstić information content (AvgIpc) is 2.95. The van der Waals surface area contributed by atoms with Crippen LogP contribution < -0.4 is 11.2 Å². The normalized spacial score (nSPS) is 12.5. The molecule has 13 heteroatoms. The smallest absolute Gasteiger partial charge is 0.320 e. The lowest BCUT2D eigenvalue weighted by molar-refractivity contribution is 0.0474. The number of aromatic amines is 1. The van der Waals surface area contributed by atoms with Crippen molar-refractivity contribution in [2.24, 2.45) is 0 Å². The van der Waals surface area contributed by atoms with Crippen molar-refractivity contribution in [2.45, 2.75) is 44.9 Å². The lowest BCUT2D eigenvalue weighted by Crippen LogP contribution is -2.31. The van der Waals surface area contributed by atoms with Gasteiger partial charge in [0.1, 0.15) is 5.69 Å². The van der Waals surface area contributed by atoms with E-state index in [1.807, 2.05) is 0 Å². The molecule has 0 spiro atoms. The van der Waals surface area contributed by atoms with Gasteiger partial charge in [-0.2, -0.15) is 8.78 Å². The Morgan fingerprint density at radius 2 is 1.96 bits per heavy atom. The van der Waals surface area contributed by atoms with Crippen LogP contribution in [-0.2, 0) is 17.7 Å². The van der Waals surface area contributed by atoms with E-state index < -0.39 is 30.9 Å². The van der Waals surface area contributed by atoms with Crippen LogP contribution in [0.2, 0.25) is 0 Å². The first-order valence-electron chi connectivity index (χ1n) is 7.62. The number of aryl methyl sites for hydroxylation is 2. The Hall–Kier alpha value is -2.17. The molecule has 0 amide bonds. The molecule has 0 aliphatic heterocycles. The summed E-state index contributed by atoms with van der Waals surface area (Å²) >= 11 is 0. The maximum Gasteiger partial charge on any atom is 0.394 e. The second-order valence-electron chi connectivity index (χ2n) is 5.84. The van der Waals surface area contributed by atoms with E-state index in [9.17, 15) is 22.9 Å². The first-order chi connectivity index (χ1) is 12.0. The number of aromatic nitrogens is 5. The lowest BCUT2D eigenvalue weighted by Gasteiger charge is -2.16. The van der Waals surface area contributed by atoms with Crippen LogP contribution in [0.25, 0.3) is 0 Å². The number of alkyl halides is 2. The quantitative estimate of drug-likeness (QED) is 0.436. The molecule has 0 saturated heterocycles. The van der Waals surface area contributed by atoms with E-state index in [-0.39, 0.29) is 25.9 Å². The molecule has 0 aromatic carbocycles. The van der Waals surface area contributed by atoms with Crippen LogP contribution in [-0.4, -0.2) is 40.0 Å². The topological polar surface area (TPSA) is 143 Å². The van der Waals surface area contributed by atoms with Crippen molar-refractivity contribution in [3.05, 3.63) is 44.5 Å². The van der Waals surface area contributed by atoms with Crippen LogP contribution in [0.15, 0.2) is 22.0 Å². The Labute approximate surface area is 145 Å². The van der Waals surface area contributed by atoms with Gasteiger partial charge in [-0.25, -0.2) is 4.79 Å². The number of nitrogens with one attached hydrogen (secondary N) is 1. The minimum absolute atomic E-state index is 0.0761. The number of nitrogens with zero attached hydrogens (tertiary/aromatic N) is 4. The maximum atomic E-state index is 13.1. The molecule has 26 heavy (non-hydrogen) atoms. The Morgan fingerprint density at radius 1 is 1.27 bits per heavy atom. The predicted octanol–water partition coefficient (Wildman–Crippen LogP) is 0.426. The van der Waals surface area contributed by atoms with Gasteiger partial charge in [0, 0.05) is 24.7 Å². The molecule has 2 rings (SSSR count). The van der Waals surface area contributed by atoms with E-state index in [0.29, 0.717) is 11.3 Å². The first kappa shape index (κ1) is 20.1. The molecule has 0 aliphatic rings. The van der Waals surface area contributed by atoms with Crippen molar-refractivity contribution in [3.63, 3.8) is 0 Å². The van der Waals surface area contributed by atoms with E-state index in [2.05, 4.69) is 15.3 Å². The summed E-state index contributed by atoms with van der Waals surface area (Å²) in [6.07, 6.45) is 2.10. The molecule has 0 saturated carbocycles. The molecular weight excluding hydrogens is 375 g/mol. The fourth-order valence-electron chi connectivity index (χ4n) is 2.19. The monoisotopic (exact) mass is 393 g/mol. The van der Waals surface area contributed by atoms with Crippen LogP contribution in [0.1, 0.15) is 30.5 Å². The molecule has 144 valence electrons. The fraction of sp³-hybridized carbons (Fsp3) is 0.538. The highest BCUT2D eigenvalue weighted by molar-refractivity contribution is 7.53. The van der Waals surface area contributed by atoms with Crippen LogP contribution in [0, 0.1) is 6.92 Å². The maximum absolute atomic E-state index is 13.1. The SMILES string of the molecule is Cc1cn(Cc2cn(CCCCC(F)(F)P(=O)(O)O)nn2)c(=O)[nH]c1=O. The third-order valence-corrected chi connectivity index (χ3v) is 4.72. The van der Waals surface area contributed by atoms with Crippen molar-refractivity contribution in [1.82, 2.24) is 24.5 Å². The summed E-state index contributed by atoms with van der Waals surface area (Å²) in [4.78, 5) is 42.3. The van der Waals surface area contributed by atoms with Crippen LogP contribution in [0.5, 0.6) is 0 Å². The number of halogens is 2. The summed E-state index contributed by atoms with van der Waals surface area (Å²) in [5.41, 5.74) is -4.30. The van der Waals surface area contributed by atoms with Crippen molar-refractivity contribution in [2.75, 3.05) is 0 Å². The van der Waals surface area contributed by atoms with E-state index >= 15 is 0 Å². The first-order valence-corrected chi connectivity index (χ1v) is 9.24. The summed E-state index contributed by atoms with van der Waals surface area (Å²) in [7, 11) is -5.45. The molecule has 2 aromatic heterocycles. The minimum Gasteiger partial charge on any atom is -0.320 e. The molecule has 0 radical (unpaired) electrons. The number of unbranched alkanes of at least 4 members (excludes halogenated alkanes) is 1.